The van der Waals surface area contributed by atoms with Crippen molar-refractivity contribution in [1.82, 2.24) is 9.71 Å². The molecule has 21 heavy (non-hydrogen) atoms. The molecule has 0 radical (unpaired) electrons. The van der Waals surface area contributed by atoms with Crippen molar-refractivity contribution in [2.75, 3.05) is 19.4 Å². The van der Waals surface area contributed by atoms with E-state index in [2.05, 4.69) is 9.71 Å². The van der Waals surface area contributed by atoms with Crippen LogP contribution in [0, 0.1) is 0 Å². The van der Waals surface area contributed by atoms with Gasteiger partial charge in [-0.05, 0) is 36.9 Å². The van der Waals surface area contributed by atoms with Crippen molar-refractivity contribution in [3.05, 3.63) is 40.2 Å². The Morgan fingerprint density at radius 1 is 1.29 bits per heavy atom. The van der Waals surface area contributed by atoms with Crippen LogP contribution in [0.4, 0.5) is 0 Å². The zero-order chi connectivity index (χ0) is 15.5. The standard InChI is InChI=1S/C14H18N2O4S/c1-3-21(18,19)15-7-6-11-8-10-4-5-12(20-2)9-13(10)16-14(11)17/h4-5,8-9,15H,3,6-7H2,1-2H3,(H,16,17). The number of H-pyrrole nitrogens is 1. The van der Waals surface area contributed by atoms with Crippen LogP contribution in [-0.2, 0) is 16.4 Å². The van der Waals surface area contributed by atoms with Gasteiger partial charge in [0.25, 0.3) is 5.56 Å². The second-order valence-electron chi connectivity index (χ2n) is 4.62. The molecule has 0 unspecified atom stereocenters. The van der Waals surface area contributed by atoms with E-state index in [1.165, 1.54) is 0 Å². The van der Waals surface area contributed by atoms with Gasteiger partial charge in [0.15, 0.2) is 0 Å². The molecule has 0 aliphatic carbocycles. The van der Waals surface area contributed by atoms with Crippen LogP contribution in [0.5, 0.6) is 5.75 Å². The van der Waals surface area contributed by atoms with E-state index >= 15 is 0 Å². The van der Waals surface area contributed by atoms with Crippen molar-refractivity contribution >= 4 is 20.9 Å². The van der Waals surface area contributed by atoms with Gasteiger partial charge in [-0.15, -0.1) is 0 Å². The number of hydrogen-bond acceptors (Lipinski definition) is 4. The number of aromatic amines is 1. The molecular formula is C14H18N2O4S. The van der Waals surface area contributed by atoms with Gasteiger partial charge in [0, 0.05) is 18.2 Å². The molecule has 1 heterocycles. The molecule has 2 rings (SSSR count). The lowest BCUT2D eigenvalue weighted by Gasteiger charge is -2.06. The molecule has 2 N–H and O–H groups in total. The Kier molecular flexibility index (Phi) is 4.64. The molecule has 0 aliphatic rings. The highest BCUT2D eigenvalue weighted by Crippen LogP contribution is 2.18. The van der Waals surface area contributed by atoms with Gasteiger partial charge in [0.1, 0.15) is 5.75 Å². The first-order valence-corrected chi connectivity index (χ1v) is 8.27. The molecule has 0 spiro atoms. The first kappa shape index (κ1) is 15.5. The Morgan fingerprint density at radius 3 is 2.71 bits per heavy atom. The number of aromatic nitrogens is 1. The minimum Gasteiger partial charge on any atom is -0.497 e. The SMILES string of the molecule is CCS(=O)(=O)NCCc1cc2ccc(OC)cc2[nH]c1=O. The minimum absolute atomic E-state index is 0.0286. The molecule has 0 bridgehead atoms. The number of fused-ring (bicyclic) bond motifs is 1. The lowest BCUT2D eigenvalue weighted by molar-refractivity contribution is 0.415. The molecule has 1 aromatic carbocycles. The Labute approximate surface area is 123 Å². The highest BCUT2D eigenvalue weighted by atomic mass is 32.2. The zero-order valence-electron chi connectivity index (χ0n) is 12.0. The molecule has 0 amide bonds. The number of pyridine rings is 1. The van der Waals surface area contributed by atoms with Gasteiger partial charge < -0.3 is 9.72 Å². The molecule has 0 saturated heterocycles. The van der Waals surface area contributed by atoms with Gasteiger partial charge in [-0.25, -0.2) is 13.1 Å². The third-order valence-electron chi connectivity index (χ3n) is 3.23. The fourth-order valence-electron chi connectivity index (χ4n) is 1.98. The first-order chi connectivity index (χ1) is 9.95. The van der Waals surface area contributed by atoms with Crippen molar-refractivity contribution in [2.24, 2.45) is 0 Å². The summed E-state index contributed by atoms with van der Waals surface area (Å²) in [6.07, 6.45) is 0.344. The first-order valence-electron chi connectivity index (χ1n) is 6.62. The van der Waals surface area contributed by atoms with Gasteiger partial charge in [0.2, 0.25) is 10.0 Å². The molecule has 0 fully saturated rings. The number of benzene rings is 1. The zero-order valence-corrected chi connectivity index (χ0v) is 12.8. The topological polar surface area (TPSA) is 88.3 Å². The van der Waals surface area contributed by atoms with Crippen LogP contribution in [0.1, 0.15) is 12.5 Å². The number of rotatable bonds is 6. The fourth-order valence-corrected chi connectivity index (χ4v) is 2.60. The summed E-state index contributed by atoms with van der Waals surface area (Å²) in [6, 6.07) is 7.18. The fraction of sp³-hybridized carbons (Fsp3) is 0.357. The van der Waals surface area contributed by atoms with Gasteiger partial charge in [-0.3, -0.25) is 4.79 Å². The number of hydrogen-bond donors (Lipinski definition) is 2. The summed E-state index contributed by atoms with van der Waals surface area (Å²) in [6.45, 7) is 1.78. The quantitative estimate of drug-likeness (QED) is 0.834. The molecular weight excluding hydrogens is 292 g/mol. The maximum Gasteiger partial charge on any atom is 0.251 e. The van der Waals surface area contributed by atoms with E-state index < -0.39 is 10.0 Å². The normalized spacial score (nSPS) is 11.7. The lowest BCUT2D eigenvalue weighted by atomic mass is 10.1. The Balaban J connectivity index is 2.21. The van der Waals surface area contributed by atoms with Crippen LogP contribution < -0.4 is 15.0 Å². The van der Waals surface area contributed by atoms with Crippen LogP contribution in [0.25, 0.3) is 10.9 Å². The van der Waals surface area contributed by atoms with Gasteiger partial charge in [-0.2, -0.15) is 0 Å². The average Bonchev–Trinajstić information content (AvgIpc) is 2.47. The van der Waals surface area contributed by atoms with E-state index in [1.807, 2.05) is 12.1 Å². The maximum atomic E-state index is 12.0. The van der Waals surface area contributed by atoms with E-state index in [0.717, 1.165) is 5.39 Å². The van der Waals surface area contributed by atoms with Crippen LogP contribution in [-0.4, -0.2) is 32.8 Å². The summed E-state index contributed by atoms with van der Waals surface area (Å²) in [5, 5.41) is 0.878. The van der Waals surface area contributed by atoms with Gasteiger partial charge in [0.05, 0.1) is 18.4 Å². The second kappa shape index (κ2) is 6.28. The minimum atomic E-state index is -3.23. The van der Waals surface area contributed by atoms with Crippen LogP contribution in [0.2, 0.25) is 0 Å². The predicted octanol–water partition coefficient (Wildman–Crippen LogP) is 1.02. The summed E-state index contributed by atoms with van der Waals surface area (Å²) in [4.78, 5) is 14.8. The summed E-state index contributed by atoms with van der Waals surface area (Å²) in [7, 11) is -1.67. The molecule has 1 aromatic heterocycles. The number of sulfonamides is 1. The molecule has 7 heteroatoms. The van der Waals surface area contributed by atoms with E-state index in [1.54, 1.807) is 26.2 Å². The largest absolute Gasteiger partial charge is 0.497 e. The van der Waals surface area contributed by atoms with E-state index in [9.17, 15) is 13.2 Å². The summed E-state index contributed by atoms with van der Waals surface area (Å²) < 4.78 is 30.3. The Bertz CT molecular complexity index is 796. The van der Waals surface area contributed by atoms with E-state index in [4.69, 9.17) is 4.74 Å². The van der Waals surface area contributed by atoms with Crippen LogP contribution in [0.15, 0.2) is 29.1 Å². The van der Waals surface area contributed by atoms with E-state index in [-0.39, 0.29) is 17.9 Å². The average molecular weight is 310 g/mol. The van der Waals surface area contributed by atoms with Crippen LogP contribution in [0.3, 0.4) is 0 Å². The summed E-state index contributed by atoms with van der Waals surface area (Å²) in [5.41, 5.74) is 1.02. The van der Waals surface area contributed by atoms with Crippen molar-refractivity contribution in [3.63, 3.8) is 0 Å². The Hall–Kier alpha value is -1.86. The van der Waals surface area contributed by atoms with Gasteiger partial charge in [-0.1, -0.05) is 0 Å². The molecule has 114 valence electrons. The third-order valence-corrected chi connectivity index (χ3v) is 4.63. The monoisotopic (exact) mass is 310 g/mol. The van der Waals surface area contributed by atoms with Crippen molar-refractivity contribution in [2.45, 2.75) is 13.3 Å². The predicted molar refractivity (Wildman–Crippen MR) is 82.3 cm³/mol. The van der Waals surface area contributed by atoms with Crippen molar-refractivity contribution in [1.29, 1.82) is 0 Å². The number of nitrogens with one attached hydrogen (secondary N) is 2. The molecule has 6 nitrogen and oxygen atoms in total. The second-order valence-corrected chi connectivity index (χ2v) is 6.72. The molecule has 0 atom stereocenters. The molecule has 0 saturated carbocycles. The smallest absolute Gasteiger partial charge is 0.251 e. The van der Waals surface area contributed by atoms with Crippen LogP contribution >= 0.6 is 0 Å². The van der Waals surface area contributed by atoms with Crippen molar-refractivity contribution < 1.29 is 13.2 Å². The van der Waals surface area contributed by atoms with Crippen molar-refractivity contribution in [3.8, 4) is 5.75 Å². The highest BCUT2D eigenvalue weighted by Gasteiger charge is 2.08. The summed E-state index contributed by atoms with van der Waals surface area (Å²) >= 11 is 0. The molecule has 2 aromatic rings. The summed E-state index contributed by atoms with van der Waals surface area (Å²) in [5.74, 6) is 0.697. The number of methoxy groups -OCH3 is 1. The highest BCUT2D eigenvalue weighted by molar-refractivity contribution is 7.89. The van der Waals surface area contributed by atoms with Gasteiger partial charge >= 0.3 is 0 Å². The number of ether oxygens (including phenoxy) is 1. The maximum absolute atomic E-state index is 12.0. The van der Waals surface area contributed by atoms with E-state index in [0.29, 0.717) is 23.3 Å². The third kappa shape index (κ3) is 3.83. The Morgan fingerprint density at radius 2 is 2.05 bits per heavy atom. The molecule has 0 aliphatic heterocycles. The lowest BCUT2D eigenvalue weighted by Crippen LogP contribution is -2.28.